The zero-order valence-corrected chi connectivity index (χ0v) is 12.3. The molecule has 110 valence electrons. The number of aromatic nitrogens is 2. The van der Waals surface area contributed by atoms with Crippen molar-refractivity contribution in [3.05, 3.63) is 35.7 Å². The molecule has 0 unspecified atom stereocenters. The van der Waals surface area contributed by atoms with Gasteiger partial charge in [-0.15, -0.1) is 0 Å². The molecule has 1 aromatic heterocycles. The van der Waals surface area contributed by atoms with E-state index < -0.39 is 0 Å². The number of amides is 1. The van der Waals surface area contributed by atoms with Crippen molar-refractivity contribution >= 4 is 23.0 Å². The summed E-state index contributed by atoms with van der Waals surface area (Å²) in [7, 11) is 3.91. The molecule has 0 spiro atoms. The van der Waals surface area contributed by atoms with Crippen molar-refractivity contribution in [1.29, 1.82) is 0 Å². The quantitative estimate of drug-likeness (QED) is 0.838. The van der Waals surface area contributed by atoms with Gasteiger partial charge in [-0.05, 0) is 24.1 Å². The molecule has 0 fully saturated rings. The van der Waals surface area contributed by atoms with E-state index >= 15 is 0 Å². The van der Waals surface area contributed by atoms with E-state index in [1.165, 1.54) is 0 Å². The number of nitrogen functional groups attached to an aromatic ring is 1. The highest BCUT2D eigenvalue weighted by Gasteiger charge is 2.18. The Balaban J connectivity index is 1.86. The molecule has 1 aliphatic rings. The Bertz CT molecular complexity index is 691. The van der Waals surface area contributed by atoms with E-state index in [0.717, 1.165) is 35.5 Å². The van der Waals surface area contributed by atoms with Crippen LogP contribution in [0.3, 0.4) is 0 Å². The number of carbonyl (C=O) groups is 1. The molecule has 0 atom stereocenters. The largest absolute Gasteiger partial charge is 0.397 e. The molecular formula is C15H19N5O. The van der Waals surface area contributed by atoms with Crippen molar-refractivity contribution in [1.82, 2.24) is 9.78 Å². The number of nitrogens with zero attached hydrogens (tertiary/aromatic N) is 3. The van der Waals surface area contributed by atoms with Crippen LogP contribution in [0.25, 0.3) is 0 Å². The normalized spacial score (nSPS) is 13.7. The highest BCUT2D eigenvalue weighted by atomic mass is 16.1. The van der Waals surface area contributed by atoms with Crippen molar-refractivity contribution in [3.8, 4) is 0 Å². The summed E-state index contributed by atoms with van der Waals surface area (Å²) in [5, 5.41) is 7.04. The monoisotopic (exact) mass is 285 g/mol. The summed E-state index contributed by atoms with van der Waals surface area (Å²) < 4.78 is 1.79. The fourth-order valence-corrected chi connectivity index (χ4v) is 2.68. The number of fused-ring (bicyclic) bond motifs is 1. The average Bonchev–Trinajstić information content (AvgIpc) is 2.83. The molecule has 2 heterocycles. The lowest BCUT2D eigenvalue weighted by Crippen LogP contribution is -2.22. The number of hydrogen-bond acceptors (Lipinski definition) is 4. The average molecular weight is 285 g/mol. The minimum atomic E-state index is 0.0540. The van der Waals surface area contributed by atoms with Crippen LogP contribution in [0.15, 0.2) is 24.5 Å². The summed E-state index contributed by atoms with van der Waals surface area (Å²) in [6, 6.07) is 3.92. The molecule has 0 radical (unpaired) electrons. The van der Waals surface area contributed by atoms with Gasteiger partial charge in [-0.2, -0.15) is 5.10 Å². The third-order valence-electron chi connectivity index (χ3n) is 3.74. The molecule has 6 heteroatoms. The lowest BCUT2D eigenvalue weighted by atomic mass is 10.0. The van der Waals surface area contributed by atoms with Crippen LogP contribution in [-0.4, -0.2) is 22.7 Å². The molecule has 0 bridgehead atoms. The van der Waals surface area contributed by atoms with Gasteiger partial charge in [-0.3, -0.25) is 9.48 Å². The molecule has 0 saturated carbocycles. The summed E-state index contributed by atoms with van der Waals surface area (Å²) in [5.74, 6) is 0.0540. The number of rotatable bonds is 3. The van der Waals surface area contributed by atoms with Gasteiger partial charge in [-0.25, -0.2) is 0 Å². The molecule has 1 aromatic carbocycles. The van der Waals surface area contributed by atoms with Crippen LogP contribution < -0.4 is 16.0 Å². The van der Waals surface area contributed by atoms with Crippen LogP contribution in [0, 0.1) is 0 Å². The van der Waals surface area contributed by atoms with Crippen LogP contribution in [0.1, 0.15) is 17.5 Å². The summed E-state index contributed by atoms with van der Waals surface area (Å²) in [5.41, 5.74) is 10.9. The number of carbonyl (C=O) groups excluding carboxylic acids is 1. The molecule has 0 saturated heterocycles. The van der Waals surface area contributed by atoms with Crippen molar-refractivity contribution in [2.75, 3.05) is 23.0 Å². The molecule has 6 nitrogen and oxygen atoms in total. The van der Waals surface area contributed by atoms with E-state index in [1.54, 1.807) is 4.68 Å². The predicted octanol–water partition coefficient (Wildman–Crippen LogP) is 1.52. The van der Waals surface area contributed by atoms with Crippen LogP contribution in [0.4, 0.5) is 17.1 Å². The van der Waals surface area contributed by atoms with Crippen molar-refractivity contribution in [2.24, 2.45) is 7.05 Å². The first-order valence-electron chi connectivity index (χ1n) is 6.94. The van der Waals surface area contributed by atoms with Gasteiger partial charge in [0.2, 0.25) is 5.91 Å². The zero-order chi connectivity index (χ0) is 15.0. The maximum absolute atomic E-state index is 11.4. The molecular weight excluding hydrogens is 266 g/mol. The number of nitrogens with one attached hydrogen (secondary N) is 1. The molecule has 1 aliphatic heterocycles. The second-order valence-corrected chi connectivity index (χ2v) is 5.49. The lowest BCUT2D eigenvalue weighted by Gasteiger charge is -2.24. The van der Waals surface area contributed by atoms with Gasteiger partial charge in [0.25, 0.3) is 0 Å². The van der Waals surface area contributed by atoms with E-state index in [4.69, 9.17) is 5.73 Å². The molecule has 1 amide bonds. The van der Waals surface area contributed by atoms with E-state index in [9.17, 15) is 4.79 Å². The van der Waals surface area contributed by atoms with Crippen molar-refractivity contribution in [2.45, 2.75) is 19.4 Å². The number of benzene rings is 1. The number of aryl methyl sites for hydroxylation is 2. The lowest BCUT2D eigenvalue weighted by molar-refractivity contribution is -0.116. The van der Waals surface area contributed by atoms with Gasteiger partial charge < -0.3 is 16.0 Å². The highest BCUT2D eigenvalue weighted by molar-refractivity contribution is 5.95. The Morgan fingerprint density at radius 2 is 2.24 bits per heavy atom. The smallest absolute Gasteiger partial charge is 0.224 e. The maximum atomic E-state index is 11.4. The molecule has 21 heavy (non-hydrogen) atoms. The van der Waals surface area contributed by atoms with E-state index in [2.05, 4.69) is 21.4 Å². The molecule has 0 aliphatic carbocycles. The van der Waals surface area contributed by atoms with Gasteiger partial charge in [0, 0.05) is 44.5 Å². The van der Waals surface area contributed by atoms with Gasteiger partial charge >= 0.3 is 0 Å². The van der Waals surface area contributed by atoms with E-state index in [1.807, 2.05) is 32.6 Å². The minimum Gasteiger partial charge on any atom is -0.397 e. The molecule has 2 aromatic rings. The summed E-state index contributed by atoms with van der Waals surface area (Å²) in [6.07, 6.45) is 5.13. The van der Waals surface area contributed by atoms with Crippen LogP contribution in [0.2, 0.25) is 0 Å². The van der Waals surface area contributed by atoms with E-state index in [0.29, 0.717) is 12.1 Å². The van der Waals surface area contributed by atoms with Gasteiger partial charge in [0.15, 0.2) is 0 Å². The van der Waals surface area contributed by atoms with Crippen molar-refractivity contribution < 1.29 is 4.79 Å². The van der Waals surface area contributed by atoms with Crippen LogP contribution in [-0.2, 0) is 24.8 Å². The van der Waals surface area contributed by atoms with Crippen LogP contribution in [0.5, 0.6) is 0 Å². The standard InChI is InChI=1S/C15H19N5O/c1-19(8-10-7-17-20(2)9-10)14-5-11-3-4-15(21)18-13(11)6-12(14)16/h5-7,9H,3-4,8,16H2,1-2H3,(H,18,21). The predicted molar refractivity (Wildman–Crippen MR) is 83.1 cm³/mol. The first-order valence-corrected chi connectivity index (χ1v) is 6.94. The number of anilines is 3. The first kappa shape index (κ1) is 13.5. The summed E-state index contributed by atoms with van der Waals surface area (Å²) >= 11 is 0. The SMILES string of the molecule is CN(Cc1cnn(C)c1)c1cc2c(cc1N)NC(=O)CC2. The Labute approximate surface area is 123 Å². The fourth-order valence-electron chi connectivity index (χ4n) is 2.68. The maximum Gasteiger partial charge on any atom is 0.224 e. The van der Waals surface area contributed by atoms with Crippen molar-refractivity contribution in [3.63, 3.8) is 0 Å². The Hall–Kier alpha value is -2.50. The second kappa shape index (κ2) is 5.12. The third-order valence-corrected chi connectivity index (χ3v) is 3.74. The topological polar surface area (TPSA) is 76.2 Å². The highest BCUT2D eigenvalue weighted by Crippen LogP contribution is 2.33. The van der Waals surface area contributed by atoms with Gasteiger partial charge in [0.1, 0.15) is 0 Å². The Kier molecular flexibility index (Phi) is 3.29. The Morgan fingerprint density at radius 3 is 2.95 bits per heavy atom. The first-order chi connectivity index (χ1) is 10.0. The van der Waals surface area contributed by atoms with Gasteiger partial charge in [-0.1, -0.05) is 0 Å². The second-order valence-electron chi connectivity index (χ2n) is 5.49. The zero-order valence-electron chi connectivity index (χ0n) is 12.3. The molecule has 3 N–H and O–H groups in total. The van der Waals surface area contributed by atoms with Gasteiger partial charge in [0.05, 0.1) is 17.6 Å². The number of hydrogen-bond donors (Lipinski definition) is 2. The summed E-state index contributed by atoms with van der Waals surface area (Å²) in [4.78, 5) is 13.5. The van der Waals surface area contributed by atoms with Crippen LogP contribution >= 0.6 is 0 Å². The fraction of sp³-hybridized carbons (Fsp3) is 0.333. The summed E-state index contributed by atoms with van der Waals surface area (Å²) in [6.45, 7) is 0.739. The number of nitrogens with two attached hydrogens (primary N) is 1. The Morgan fingerprint density at radius 1 is 1.43 bits per heavy atom. The van der Waals surface area contributed by atoms with E-state index in [-0.39, 0.29) is 5.91 Å². The minimum absolute atomic E-state index is 0.0540. The molecule has 3 rings (SSSR count). The third kappa shape index (κ3) is 2.69.